The average Bonchev–Trinajstić information content (AvgIpc) is 3.04. The Morgan fingerprint density at radius 1 is 1.19 bits per heavy atom. The molecule has 2 heterocycles. The van der Waals surface area contributed by atoms with E-state index in [2.05, 4.69) is 11.9 Å². The van der Waals surface area contributed by atoms with Crippen LogP contribution >= 0.6 is 22.9 Å². The molecule has 0 bridgehead atoms. The minimum atomic E-state index is -0.173. The van der Waals surface area contributed by atoms with Crippen molar-refractivity contribution in [3.05, 3.63) is 62.7 Å². The fraction of sp³-hybridized carbons (Fsp3) is 0.150. The van der Waals surface area contributed by atoms with Crippen LogP contribution in [0.15, 0.2) is 46.6 Å². The van der Waals surface area contributed by atoms with Crippen molar-refractivity contribution < 1.29 is 5.11 Å². The van der Waals surface area contributed by atoms with E-state index in [1.54, 1.807) is 17.5 Å². The zero-order valence-corrected chi connectivity index (χ0v) is 15.6. The Morgan fingerprint density at radius 2 is 1.92 bits per heavy atom. The maximum absolute atomic E-state index is 12.3. The van der Waals surface area contributed by atoms with E-state index in [-0.39, 0.29) is 17.2 Å². The van der Waals surface area contributed by atoms with E-state index in [4.69, 9.17) is 17.3 Å². The van der Waals surface area contributed by atoms with Gasteiger partial charge in [-0.2, -0.15) is 0 Å². The molecule has 0 unspecified atom stereocenters. The summed E-state index contributed by atoms with van der Waals surface area (Å²) < 4.78 is 0.558. The highest BCUT2D eigenvalue weighted by molar-refractivity contribution is 7.18. The van der Waals surface area contributed by atoms with E-state index in [0.29, 0.717) is 32.7 Å². The smallest absolute Gasteiger partial charge is 0.266 e. The molecule has 0 aliphatic heterocycles. The van der Waals surface area contributed by atoms with Gasteiger partial charge in [-0.1, -0.05) is 42.8 Å². The van der Waals surface area contributed by atoms with E-state index >= 15 is 0 Å². The number of hydrogen-bond donors (Lipinski definition) is 3. The molecule has 4 N–H and O–H groups in total. The summed E-state index contributed by atoms with van der Waals surface area (Å²) in [5, 5.41) is 14.3. The van der Waals surface area contributed by atoms with Gasteiger partial charge in [-0.05, 0) is 35.7 Å². The predicted octanol–water partition coefficient (Wildman–Crippen LogP) is 4.83. The van der Waals surface area contributed by atoms with E-state index in [9.17, 15) is 9.90 Å². The summed E-state index contributed by atoms with van der Waals surface area (Å²) in [6, 6.07) is 11.3. The van der Waals surface area contributed by atoms with Crippen LogP contribution in [0.5, 0.6) is 5.75 Å². The molecule has 0 amide bonds. The van der Waals surface area contributed by atoms with Gasteiger partial charge in [0.1, 0.15) is 10.4 Å². The first kappa shape index (κ1) is 17.1. The first-order valence-electron chi connectivity index (χ1n) is 8.26. The van der Waals surface area contributed by atoms with Crippen molar-refractivity contribution in [1.82, 2.24) is 4.98 Å². The molecule has 4 aromatic rings. The minimum absolute atomic E-state index is 0.146. The number of phenols is 1. The number of aromatic amines is 1. The minimum Gasteiger partial charge on any atom is -0.507 e. The van der Waals surface area contributed by atoms with Crippen molar-refractivity contribution in [3.63, 3.8) is 0 Å². The highest BCUT2D eigenvalue weighted by Gasteiger charge is 2.18. The number of nitrogens with two attached hydrogens (primary N) is 1. The number of thiophene rings is 1. The number of H-pyrrole nitrogens is 1. The molecule has 0 radical (unpaired) electrons. The van der Waals surface area contributed by atoms with Crippen molar-refractivity contribution in [3.8, 4) is 16.9 Å². The number of aromatic hydroxyl groups is 1. The number of fused-ring (bicyclic) bond motifs is 3. The summed E-state index contributed by atoms with van der Waals surface area (Å²) in [6.45, 7) is 2.65. The van der Waals surface area contributed by atoms with Crippen LogP contribution in [-0.2, 0) is 0 Å². The van der Waals surface area contributed by atoms with Gasteiger partial charge in [0.15, 0.2) is 0 Å². The zero-order valence-electron chi connectivity index (χ0n) is 14.0. The first-order chi connectivity index (χ1) is 12.5. The number of phenolic OH excluding ortho intramolecular Hbond substituents is 1. The quantitative estimate of drug-likeness (QED) is 0.473. The lowest BCUT2D eigenvalue weighted by Gasteiger charge is -2.13. The van der Waals surface area contributed by atoms with Crippen molar-refractivity contribution in [2.45, 2.75) is 12.8 Å². The molecule has 4 rings (SSSR count). The molecule has 2 aromatic heterocycles. The van der Waals surface area contributed by atoms with Gasteiger partial charge < -0.3 is 15.8 Å². The Balaban J connectivity index is 2.06. The molecule has 0 aliphatic carbocycles. The second kappa shape index (κ2) is 6.43. The van der Waals surface area contributed by atoms with Gasteiger partial charge in [0.25, 0.3) is 5.56 Å². The molecule has 0 saturated carbocycles. The topological polar surface area (TPSA) is 79.1 Å². The van der Waals surface area contributed by atoms with Crippen molar-refractivity contribution in [2.75, 3.05) is 6.54 Å². The van der Waals surface area contributed by atoms with E-state index in [1.165, 1.54) is 11.3 Å². The average molecular weight is 385 g/mol. The molecule has 0 spiro atoms. The number of benzene rings is 2. The molecule has 132 valence electrons. The molecule has 1 atom stereocenters. The fourth-order valence-corrected chi connectivity index (χ4v) is 4.48. The third-order valence-electron chi connectivity index (χ3n) is 4.76. The summed E-state index contributed by atoms with van der Waals surface area (Å²) in [5.74, 6) is 0.410. The third kappa shape index (κ3) is 2.60. The lowest BCUT2D eigenvalue weighted by molar-refractivity contribution is 0.478. The Kier molecular flexibility index (Phi) is 4.23. The van der Waals surface area contributed by atoms with Crippen LogP contribution in [0.25, 0.3) is 32.1 Å². The number of aromatic nitrogens is 1. The summed E-state index contributed by atoms with van der Waals surface area (Å²) >= 11 is 7.69. The molecule has 4 nitrogen and oxygen atoms in total. The van der Waals surface area contributed by atoms with Crippen LogP contribution in [0.2, 0.25) is 5.02 Å². The zero-order chi connectivity index (χ0) is 18.4. The third-order valence-corrected chi connectivity index (χ3v) is 6.16. The lowest BCUT2D eigenvalue weighted by Crippen LogP contribution is -2.08. The van der Waals surface area contributed by atoms with Crippen LogP contribution in [0.4, 0.5) is 0 Å². The Hall–Kier alpha value is -2.34. The summed E-state index contributed by atoms with van der Waals surface area (Å²) in [7, 11) is 0. The molecular formula is C20H17ClN2O2S. The highest BCUT2D eigenvalue weighted by atomic mass is 35.5. The van der Waals surface area contributed by atoms with E-state index in [1.807, 2.05) is 24.3 Å². The van der Waals surface area contributed by atoms with Crippen molar-refractivity contribution in [1.29, 1.82) is 0 Å². The monoisotopic (exact) mass is 384 g/mol. The number of hydrogen-bond acceptors (Lipinski definition) is 4. The van der Waals surface area contributed by atoms with Crippen LogP contribution in [-0.4, -0.2) is 16.6 Å². The standard InChI is InChI=1S/C20H17ClN2O2S/c1-10(8-22)11-2-4-12(5-3-11)16-15(24)7-6-14-18(16)17-13(21)9-26-19(17)20(25)23-14/h2-7,9-10,24H,8,22H2,1H3,(H,23,25)/t10-/m0/s1. The van der Waals surface area contributed by atoms with Gasteiger partial charge in [0.2, 0.25) is 0 Å². The second-order valence-electron chi connectivity index (χ2n) is 6.38. The Morgan fingerprint density at radius 3 is 2.62 bits per heavy atom. The maximum atomic E-state index is 12.3. The normalized spacial score (nSPS) is 12.7. The largest absolute Gasteiger partial charge is 0.507 e. The Bertz CT molecular complexity index is 1180. The molecule has 0 aliphatic rings. The molecule has 0 saturated heterocycles. The predicted molar refractivity (Wildman–Crippen MR) is 110 cm³/mol. The highest BCUT2D eigenvalue weighted by Crippen LogP contribution is 2.42. The van der Waals surface area contributed by atoms with Gasteiger partial charge in [0.05, 0.1) is 5.02 Å². The number of pyridine rings is 1. The van der Waals surface area contributed by atoms with E-state index < -0.39 is 0 Å². The lowest BCUT2D eigenvalue weighted by atomic mass is 9.94. The second-order valence-corrected chi connectivity index (χ2v) is 7.67. The number of nitrogens with one attached hydrogen (secondary N) is 1. The van der Waals surface area contributed by atoms with Crippen molar-refractivity contribution in [2.24, 2.45) is 5.73 Å². The van der Waals surface area contributed by atoms with E-state index in [0.717, 1.165) is 16.5 Å². The van der Waals surface area contributed by atoms with Crippen LogP contribution in [0.3, 0.4) is 0 Å². The van der Waals surface area contributed by atoms with Gasteiger partial charge in [0, 0.05) is 27.2 Å². The van der Waals surface area contributed by atoms with Crippen LogP contribution < -0.4 is 11.3 Å². The molecule has 6 heteroatoms. The maximum Gasteiger partial charge on any atom is 0.266 e. The van der Waals surface area contributed by atoms with Crippen molar-refractivity contribution >= 4 is 43.9 Å². The van der Waals surface area contributed by atoms with Crippen LogP contribution in [0.1, 0.15) is 18.4 Å². The summed E-state index contributed by atoms with van der Waals surface area (Å²) in [6.07, 6.45) is 0. The summed E-state index contributed by atoms with van der Waals surface area (Å²) in [5.41, 5.74) is 8.88. The SMILES string of the molecule is C[C@@H](CN)c1ccc(-c2c(O)ccc3[nH]c(=O)c4scc(Cl)c4c23)cc1. The number of halogens is 1. The molecule has 0 fully saturated rings. The first-order valence-corrected chi connectivity index (χ1v) is 9.52. The Labute approximate surface area is 158 Å². The van der Waals surface area contributed by atoms with Gasteiger partial charge >= 0.3 is 0 Å². The fourth-order valence-electron chi connectivity index (χ4n) is 3.28. The molecule has 2 aromatic carbocycles. The number of rotatable bonds is 3. The van der Waals surface area contributed by atoms with Gasteiger partial charge in [-0.3, -0.25) is 4.79 Å². The van der Waals surface area contributed by atoms with Crippen LogP contribution in [0, 0.1) is 0 Å². The van der Waals surface area contributed by atoms with Gasteiger partial charge in [-0.25, -0.2) is 0 Å². The molecule has 26 heavy (non-hydrogen) atoms. The van der Waals surface area contributed by atoms with Gasteiger partial charge in [-0.15, -0.1) is 11.3 Å². The summed E-state index contributed by atoms with van der Waals surface area (Å²) in [4.78, 5) is 15.2. The molecular weight excluding hydrogens is 368 g/mol.